The van der Waals surface area contributed by atoms with E-state index < -0.39 is 0 Å². The van der Waals surface area contributed by atoms with Crippen molar-refractivity contribution in [2.45, 2.75) is 31.0 Å². The lowest BCUT2D eigenvalue weighted by Gasteiger charge is -2.27. The van der Waals surface area contributed by atoms with E-state index in [0.29, 0.717) is 18.3 Å². The smallest absolute Gasteiger partial charge is 0.231 e. The van der Waals surface area contributed by atoms with Crippen LogP contribution in [0.3, 0.4) is 0 Å². The van der Waals surface area contributed by atoms with Gasteiger partial charge in [-0.05, 0) is 30.2 Å². The summed E-state index contributed by atoms with van der Waals surface area (Å²) >= 11 is 1.71. The molecule has 1 amide bonds. The number of benzene rings is 2. The van der Waals surface area contributed by atoms with Crippen molar-refractivity contribution in [2.75, 3.05) is 5.75 Å². The molecule has 26 heavy (non-hydrogen) atoms. The number of amides is 1. The molecule has 2 saturated heterocycles. The molecular weight excluding hydrogens is 346 g/mol. The van der Waals surface area contributed by atoms with E-state index in [2.05, 4.69) is 47.4 Å². The highest BCUT2D eigenvalue weighted by Gasteiger charge is 2.42. The van der Waals surface area contributed by atoms with Gasteiger partial charge in [0.2, 0.25) is 5.91 Å². The minimum Gasteiger partial charge on any atom is -0.489 e. The summed E-state index contributed by atoms with van der Waals surface area (Å²) in [6.07, 6.45) is -0.0356. The third kappa shape index (κ3) is 3.72. The van der Waals surface area contributed by atoms with Crippen LogP contribution in [0.4, 0.5) is 0 Å². The van der Waals surface area contributed by atoms with Crippen LogP contribution in [0.1, 0.15) is 23.3 Å². The molecule has 5 nitrogen and oxygen atoms in total. The number of thioether (sulfide) groups is 1. The van der Waals surface area contributed by atoms with E-state index in [9.17, 15) is 4.79 Å². The van der Waals surface area contributed by atoms with Gasteiger partial charge in [-0.3, -0.25) is 10.2 Å². The average molecular weight is 369 g/mol. The van der Waals surface area contributed by atoms with Crippen molar-refractivity contribution in [3.8, 4) is 5.75 Å². The number of hydrogen-bond donors (Lipinski definition) is 3. The molecule has 0 radical (unpaired) electrons. The Balaban J connectivity index is 1.47. The van der Waals surface area contributed by atoms with Gasteiger partial charge in [0.15, 0.2) is 0 Å². The quantitative estimate of drug-likeness (QED) is 0.773. The topological polar surface area (TPSA) is 62.4 Å². The van der Waals surface area contributed by atoms with Crippen LogP contribution in [0.2, 0.25) is 0 Å². The van der Waals surface area contributed by atoms with Crippen molar-refractivity contribution in [3.63, 3.8) is 0 Å². The maximum atomic E-state index is 12.0. The van der Waals surface area contributed by atoms with E-state index in [1.807, 2.05) is 30.3 Å². The maximum Gasteiger partial charge on any atom is 0.231 e. The number of hydrazine groups is 1. The summed E-state index contributed by atoms with van der Waals surface area (Å²) in [5, 5.41) is 3.31. The SMILES string of the molecule is CC1NNC2NC(=O)CSC(c3ccc(OCc4ccccc4)cc3)C12. The molecule has 2 aromatic rings. The Morgan fingerprint density at radius 2 is 1.85 bits per heavy atom. The summed E-state index contributed by atoms with van der Waals surface area (Å²) in [7, 11) is 0. The fourth-order valence-electron chi connectivity index (χ4n) is 3.58. The van der Waals surface area contributed by atoms with Crippen LogP contribution in [0.15, 0.2) is 54.6 Å². The molecule has 0 bridgehead atoms. The number of fused-ring (bicyclic) bond motifs is 1. The highest BCUT2D eigenvalue weighted by atomic mass is 32.2. The van der Waals surface area contributed by atoms with Gasteiger partial charge in [-0.15, -0.1) is 11.8 Å². The molecular formula is C20H23N3O2S. The van der Waals surface area contributed by atoms with Gasteiger partial charge in [-0.2, -0.15) is 0 Å². The minimum atomic E-state index is -0.0356. The van der Waals surface area contributed by atoms with Crippen molar-refractivity contribution in [2.24, 2.45) is 5.92 Å². The number of carbonyl (C=O) groups excluding carboxylic acids is 1. The third-order valence-electron chi connectivity index (χ3n) is 4.95. The Hall–Kier alpha value is -2.02. The zero-order valence-electron chi connectivity index (χ0n) is 14.6. The van der Waals surface area contributed by atoms with Crippen LogP contribution in [0, 0.1) is 5.92 Å². The van der Waals surface area contributed by atoms with Crippen LogP contribution in [0.25, 0.3) is 0 Å². The number of nitrogens with one attached hydrogen (secondary N) is 3. The first-order valence-corrected chi connectivity index (χ1v) is 9.94. The molecule has 4 unspecified atom stereocenters. The summed E-state index contributed by atoms with van der Waals surface area (Å²) < 4.78 is 5.89. The summed E-state index contributed by atoms with van der Waals surface area (Å²) in [6, 6.07) is 18.7. The van der Waals surface area contributed by atoms with Crippen molar-refractivity contribution >= 4 is 17.7 Å². The molecule has 4 atom stereocenters. The van der Waals surface area contributed by atoms with Gasteiger partial charge in [0, 0.05) is 17.2 Å². The summed E-state index contributed by atoms with van der Waals surface area (Å²) in [5.41, 5.74) is 8.85. The Morgan fingerprint density at radius 3 is 2.62 bits per heavy atom. The predicted octanol–water partition coefficient (Wildman–Crippen LogP) is 2.61. The van der Waals surface area contributed by atoms with Gasteiger partial charge in [0.25, 0.3) is 0 Å². The van der Waals surface area contributed by atoms with Gasteiger partial charge in [-0.25, -0.2) is 5.43 Å². The molecule has 0 saturated carbocycles. The first-order valence-electron chi connectivity index (χ1n) is 8.89. The largest absolute Gasteiger partial charge is 0.489 e. The predicted molar refractivity (Wildman–Crippen MR) is 104 cm³/mol. The standard InChI is InChI=1S/C20H23N3O2S/c1-13-18-19(26-12-17(24)21-20(18)23-22-13)15-7-9-16(10-8-15)25-11-14-5-3-2-4-6-14/h2-10,13,18-20,22-23H,11-12H2,1H3,(H,21,24). The highest BCUT2D eigenvalue weighted by molar-refractivity contribution is 8.00. The van der Waals surface area contributed by atoms with Crippen LogP contribution < -0.4 is 20.9 Å². The fourth-order valence-corrected chi connectivity index (χ4v) is 4.96. The Labute approximate surface area is 157 Å². The van der Waals surface area contributed by atoms with Gasteiger partial charge in [-0.1, -0.05) is 42.5 Å². The number of hydrogen-bond acceptors (Lipinski definition) is 5. The maximum absolute atomic E-state index is 12.0. The zero-order chi connectivity index (χ0) is 17.9. The molecule has 2 aliphatic heterocycles. The Bertz CT molecular complexity index is 753. The van der Waals surface area contributed by atoms with Gasteiger partial charge < -0.3 is 10.1 Å². The van der Waals surface area contributed by atoms with Crippen molar-refractivity contribution in [1.82, 2.24) is 16.2 Å². The fraction of sp³-hybridized carbons (Fsp3) is 0.350. The van der Waals surface area contributed by atoms with Crippen LogP contribution in [-0.4, -0.2) is 23.9 Å². The molecule has 4 rings (SSSR count). The Morgan fingerprint density at radius 1 is 1.08 bits per heavy atom. The van der Waals surface area contributed by atoms with E-state index in [1.54, 1.807) is 11.8 Å². The molecule has 6 heteroatoms. The van der Waals surface area contributed by atoms with E-state index in [4.69, 9.17) is 4.74 Å². The molecule has 0 spiro atoms. The van der Waals surface area contributed by atoms with E-state index in [-0.39, 0.29) is 23.4 Å². The molecule has 2 aromatic carbocycles. The zero-order valence-corrected chi connectivity index (χ0v) is 15.5. The van der Waals surface area contributed by atoms with Crippen molar-refractivity contribution in [1.29, 1.82) is 0 Å². The normalized spacial score (nSPS) is 28.1. The number of rotatable bonds is 4. The van der Waals surface area contributed by atoms with Crippen molar-refractivity contribution in [3.05, 3.63) is 65.7 Å². The molecule has 0 aliphatic carbocycles. The number of carbonyl (C=O) groups is 1. The van der Waals surface area contributed by atoms with Crippen LogP contribution in [-0.2, 0) is 11.4 Å². The summed E-state index contributed by atoms with van der Waals surface area (Å²) in [5.74, 6) is 1.72. The molecule has 3 N–H and O–H groups in total. The monoisotopic (exact) mass is 369 g/mol. The second-order valence-electron chi connectivity index (χ2n) is 6.77. The lowest BCUT2D eigenvalue weighted by Crippen LogP contribution is -2.46. The molecule has 0 aromatic heterocycles. The third-order valence-corrected chi connectivity index (χ3v) is 6.32. The first-order chi connectivity index (χ1) is 12.7. The van der Waals surface area contributed by atoms with E-state index in [1.165, 1.54) is 5.56 Å². The summed E-state index contributed by atoms with van der Waals surface area (Å²) in [4.78, 5) is 12.0. The molecule has 136 valence electrons. The second kappa shape index (κ2) is 7.70. The van der Waals surface area contributed by atoms with E-state index >= 15 is 0 Å². The first kappa shape index (κ1) is 17.4. The van der Waals surface area contributed by atoms with Gasteiger partial charge in [0.1, 0.15) is 12.4 Å². The highest BCUT2D eigenvalue weighted by Crippen LogP contribution is 2.42. The molecule has 2 aliphatic rings. The van der Waals surface area contributed by atoms with Gasteiger partial charge in [0.05, 0.1) is 11.9 Å². The molecule has 2 fully saturated rings. The van der Waals surface area contributed by atoms with Crippen LogP contribution >= 0.6 is 11.8 Å². The minimum absolute atomic E-state index is 0.0356. The Kier molecular flexibility index (Phi) is 5.15. The lowest BCUT2D eigenvalue weighted by atomic mass is 9.91. The number of ether oxygens (including phenoxy) is 1. The second-order valence-corrected chi connectivity index (χ2v) is 7.90. The average Bonchev–Trinajstić information content (AvgIpc) is 2.93. The summed E-state index contributed by atoms with van der Waals surface area (Å²) in [6.45, 7) is 2.71. The van der Waals surface area contributed by atoms with E-state index in [0.717, 1.165) is 11.3 Å². The lowest BCUT2D eigenvalue weighted by molar-refractivity contribution is -0.119. The van der Waals surface area contributed by atoms with Crippen LogP contribution in [0.5, 0.6) is 5.75 Å². The van der Waals surface area contributed by atoms with Crippen molar-refractivity contribution < 1.29 is 9.53 Å². The van der Waals surface area contributed by atoms with Gasteiger partial charge >= 0.3 is 0 Å². The molecule has 2 heterocycles.